The molecule has 0 amide bonds. The van der Waals surface area contributed by atoms with E-state index in [9.17, 15) is 4.79 Å². The topological polar surface area (TPSA) is 62.2 Å². The number of hydrogen-bond acceptors (Lipinski definition) is 4. The van der Waals surface area contributed by atoms with Gasteiger partial charge in [-0.3, -0.25) is 20.5 Å². The molecule has 1 aromatic rings. The molecule has 1 aromatic heterocycles. The predicted octanol–water partition coefficient (Wildman–Crippen LogP) is 2.54. The van der Waals surface area contributed by atoms with Crippen molar-refractivity contribution in [3.63, 3.8) is 0 Å². The van der Waals surface area contributed by atoms with Gasteiger partial charge >= 0.3 is 0 Å². The molecule has 0 saturated carbocycles. The van der Waals surface area contributed by atoms with Crippen LogP contribution in [0.25, 0.3) is 0 Å². The molecule has 1 atom stereocenters. The third-order valence-corrected chi connectivity index (χ3v) is 3.00. The zero-order valence-electron chi connectivity index (χ0n) is 10.3. The Bertz CT molecular complexity index is 591. The van der Waals surface area contributed by atoms with E-state index in [2.05, 4.69) is 4.98 Å². The first-order chi connectivity index (χ1) is 9.11. The number of rotatable bonds is 3. The van der Waals surface area contributed by atoms with Crippen LogP contribution in [0.4, 0.5) is 0 Å². The van der Waals surface area contributed by atoms with Crippen molar-refractivity contribution < 1.29 is 10.0 Å². The summed E-state index contributed by atoms with van der Waals surface area (Å²) in [5.41, 5.74) is 3.97. The van der Waals surface area contributed by atoms with E-state index in [4.69, 9.17) is 16.8 Å². The number of ketones is 1. The van der Waals surface area contributed by atoms with Gasteiger partial charge in [-0.1, -0.05) is 18.2 Å². The molecule has 0 radical (unpaired) electrons. The molecule has 19 heavy (non-hydrogen) atoms. The SMILES string of the molecule is Cc1cc(C(=O)C2=C(NO)C=CC(Cl)C=C2)ccn1. The molecule has 0 bridgehead atoms. The van der Waals surface area contributed by atoms with E-state index < -0.39 is 0 Å². The van der Waals surface area contributed by atoms with E-state index in [0.717, 1.165) is 5.69 Å². The second kappa shape index (κ2) is 5.82. The van der Waals surface area contributed by atoms with E-state index >= 15 is 0 Å². The first-order valence-electron chi connectivity index (χ1n) is 5.74. The van der Waals surface area contributed by atoms with Gasteiger partial charge < -0.3 is 0 Å². The van der Waals surface area contributed by atoms with Crippen LogP contribution in [0, 0.1) is 6.92 Å². The average Bonchev–Trinajstić information content (AvgIpc) is 2.59. The van der Waals surface area contributed by atoms with Gasteiger partial charge in [-0.05, 0) is 25.1 Å². The van der Waals surface area contributed by atoms with Gasteiger partial charge in [0.15, 0.2) is 5.78 Å². The van der Waals surface area contributed by atoms with Crippen molar-refractivity contribution in [2.24, 2.45) is 0 Å². The Labute approximate surface area is 116 Å². The number of hydrogen-bond donors (Lipinski definition) is 2. The summed E-state index contributed by atoms with van der Waals surface area (Å²) in [6.45, 7) is 1.81. The fourth-order valence-corrected chi connectivity index (χ4v) is 1.90. The Morgan fingerprint density at radius 2 is 2.16 bits per heavy atom. The van der Waals surface area contributed by atoms with Gasteiger partial charge in [-0.2, -0.15) is 0 Å². The van der Waals surface area contributed by atoms with Crippen molar-refractivity contribution >= 4 is 17.4 Å². The number of Topliss-reactive ketones (excluding diaryl/α,β-unsaturated/α-hetero) is 1. The molecule has 5 heteroatoms. The van der Waals surface area contributed by atoms with E-state index in [1.807, 2.05) is 12.4 Å². The Morgan fingerprint density at radius 1 is 1.42 bits per heavy atom. The fourth-order valence-electron chi connectivity index (χ4n) is 1.76. The number of carbonyl (C=O) groups is 1. The Kier molecular flexibility index (Phi) is 4.14. The lowest BCUT2D eigenvalue weighted by Crippen LogP contribution is -2.13. The molecule has 0 fully saturated rings. The fraction of sp³-hybridized carbons (Fsp3) is 0.143. The summed E-state index contributed by atoms with van der Waals surface area (Å²) in [6.07, 6.45) is 8.13. The molecule has 1 unspecified atom stereocenters. The molecule has 0 saturated heterocycles. The molecule has 0 aromatic carbocycles. The minimum absolute atomic E-state index is 0.200. The Morgan fingerprint density at radius 3 is 2.84 bits per heavy atom. The lowest BCUT2D eigenvalue weighted by molar-refractivity contribution is 0.103. The number of carbonyl (C=O) groups excluding carboxylic acids is 1. The molecule has 1 heterocycles. The highest BCUT2D eigenvalue weighted by Crippen LogP contribution is 2.18. The van der Waals surface area contributed by atoms with Crippen LogP contribution in [0.15, 0.2) is 53.9 Å². The summed E-state index contributed by atoms with van der Waals surface area (Å²) >= 11 is 5.95. The molecular formula is C14H13ClN2O2. The minimum Gasteiger partial charge on any atom is -0.291 e. The second-order valence-electron chi connectivity index (χ2n) is 4.12. The van der Waals surface area contributed by atoms with Crippen LogP contribution in [-0.4, -0.2) is 21.4 Å². The van der Waals surface area contributed by atoms with Crippen molar-refractivity contribution in [2.75, 3.05) is 0 Å². The van der Waals surface area contributed by atoms with Crippen LogP contribution in [-0.2, 0) is 0 Å². The summed E-state index contributed by atoms with van der Waals surface area (Å²) in [6, 6.07) is 3.34. The number of halogens is 1. The number of pyridine rings is 1. The van der Waals surface area contributed by atoms with Crippen LogP contribution in [0.3, 0.4) is 0 Å². The maximum absolute atomic E-state index is 12.4. The standard InChI is InChI=1S/C14H13ClN2O2/c1-9-8-10(6-7-16-9)14(18)12-4-2-11(15)3-5-13(12)17-19/h2-8,11,17,19H,1H3. The lowest BCUT2D eigenvalue weighted by Gasteiger charge is -2.07. The van der Waals surface area contributed by atoms with Crippen molar-refractivity contribution in [3.8, 4) is 0 Å². The van der Waals surface area contributed by atoms with Crippen LogP contribution in [0.5, 0.6) is 0 Å². The first kappa shape index (κ1) is 13.5. The first-order valence-corrected chi connectivity index (χ1v) is 6.17. The number of aryl methyl sites for hydroxylation is 1. The summed E-state index contributed by atoms with van der Waals surface area (Å²) < 4.78 is 0. The van der Waals surface area contributed by atoms with Crippen molar-refractivity contribution in [1.82, 2.24) is 10.5 Å². The third kappa shape index (κ3) is 3.10. The minimum atomic E-state index is -0.312. The zero-order valence-corrected chi connectivity index (χ0v) is 11.1. The number of allylic oxidation sites excluding steroid dienone is 5. The average molecular weight is 277 g/mol. The van der Waals surface area contributed by atoms with E-state index in [1.165, 1.54) is 0 Å². The highest BCUT2D eigenvalue weighted by atomic mass is 35.5. The maximum Gasteiger partial charge on any atom is 0.195 e. The second-order valence-corrected chi connectivity index (χ2v) is 4.62. The summed E-state index contributed by atoms with van der Waals surface area (Å²) in [5.74, 6) is -0.200. The molecule has 2 N–H and O–H groups in total. The van der Waals surface area contributed by atoms with Gasteiger partial charge in [0.2, 0.25) is 0 Å². The van der Waals surface area contributed by atoms with Gasteiger partial charge in [-0.15, -0.1) is 11.6 Å². The largest absolute Gasteiger partial charge is 0.291 e. The van der Waals surface area contributed by atoms with Crippen LogP contribution >= 0.6 is 11.6 Å². The van der Waals surface area contributed by atoms with E-state index in [0.29, 0.717) is 16.8 Å². The smallest absolute Gasteiger partial charge is 0.195 e. The van der Waals surface area contributed by atoms with Crippen LogP contribution in [0.2, 0.25) is 0 Å². The van der Waals surface area contributed by atoms with Crippen molar-refractivity contribution in [3.05, 3.63) is 65.2 Å². The number of alkyl halides is 1. The van der Waals surface area contributed by atoms with Gasteiger partial charge in [0, 0.05) is 23.0 Å². The summed E-state index contributed by atoms with van der Waals surface area (Å²) in [5, 5.41) is 8.81. The van der Waals surface area contributed by atoms with Gasteiger partial charge in [-0.25, -0.2) is 0 Å². The number of hydroxylamine groups is 1. The molecule has 1 aliphatic carbocycles. The Hall–Kier alpha value is -1.91. The van der Waals surface area contributed by atoms with E-state index in [1.54, 1.807) is 42.6 Å². The summed E-state index contributed by atoms with van der Waals surface area (Å²) in [4.78, 5) is 16.5. The molecule has 0 aliphatic heterocycles. The monoisotopic (exact) mass is 276 g/mol. The number of nitrogens with one attached hydrogen (secondary N) is 1. The number of nitrogens with zero attached hydrogens (tertiary/aromatic N) is 1. The molecular weight excluding hydrogens is 264 g/mol. The van der Waals surface area contributed by atoms with Crippen LogP contribution in [0.1, 0.15) is 16.1 Å². The van der Waals surface area contributed by atoms with Crippen LogP contribution < -0.4 is 5.48 Å². The zero-order chi connectivity index (χ0) is 13.8. The molecule has 0 spiro atoms. The summed E-state index contributed by atoms with van der Waals surface area (Å²) in [7, 11) is 0. The predicted molar refractivity (Wildman–Crippen MR) is 73.2 cm³/mol. The number of aromatic nitrogens is 1. The van der Waals surface area contributed by atoms with Crippen molar-refractivity contribution in [2.45, 2.75) is 12.3 Å². The highest BCUT2D eigenvalue weighted by molar-refractivity contribution is 6.23. The van der Waals surface area contributed by atoms with Crippen molar-refractivity contribution in [1.29, 1.82) is 0 Å². The van der Waals surface area contributed by atoms with Gasteiger partial charge in [0.25, 0.3) is 0 Å². The molecule has 98 valence electrons. The van der Waals surface area contributed by atoms with E-state index in [-0.39, 0.29) is 11.2 Å². The maximum atomic E-state index is 12.4. The van der Waals surface area contributed by atoms with Gasteiger partial charge in [0.05, 0.1) is 11.1 Å². The molecule has 1 aliphatic rings. The highest BCUT2D eigenvalue weighted by Gasteiger charge is 2.16. The quantitative estimate of drug-likeness (QED) is 0.506. The molecule has 2 rings (SSSR count). The van der Waals surface area contributed by atoms with Gasteiger partial charge in [0.1, 0.15) is 0 Å². The third-order valence-electron chi connectivity index (χ3n) is 2.71. The normalized spacial score (nSPS) is 18.4. The molecule has 4 nitrogen and oxygen atoms in total. The Balaban J connectivity index is 2.44. The lowest BCUT2D eigenvalue weighted by atomic mass is 10.0.